The predicted molar refractivity (Wildman–Crippen MR) is 72.1 cm³/mol. The maximum atomic E-state index is 11.1. The van der Waals surface area contributed by atoms with Crippen LogP contribution in [0.1, 0.15) is 10.4 Å². The van der Waals surface area contributed by atoms with Gasteiger partial charge in [-0.3, -0.25) is 0 Å². The Morgan fingerprint density at radius 1 is 1.14 bits per heavy atom. The first-order valence-electron chi connectivity index (χ1n) is 5.63. The van der Waals surface area contributed by atoms with Crippen molar-refractivity contribution < 1.29 is 24.9 Å². The highest BCUT2D eigenvalue weighted by Crippen LogP contribution is 2.33. The lowest BCUT2D eigenvalue weighted by atomic mass is 10.2. The van der Waals surface area contributed by atoms with Gasteiger partial charge in [-0.25, -0.2) is 4.79 Å². The van der Waals surface area contributed by atoms with Gasteiger partial charge in [0.2, 0.25) is 0 Å². The molecular weight excluding hydrogens is 278 g/mol. The number of carboxylic acids is 1. The van der Waals surface area contributed by atoms with Gasteiger partial charge in [0.05, 0.1) is 0 Å². The summed E-state index contributed by atoms with van der Waals surface area (Å²) in [5.41, 5.74) is 8.40. The number of carbonyl (C=O) groups is 1. The van der Waals surface area contributed by atoms with Crippen molar-refractivity contribution in [2.24, 2.45) is 5.11 Å². The van der Waals surface area contributed by atoms with E-state index >= 15 is 0 Å². The van der Waals surface area contributed by atoms with Crippen LogP contribution in [-0.2, 0) is 0 Å². The molecule has 0 aliphatic rings. The van der Waals surface area contributed by atoms with Crippen molar-refractivity contribution in [3.63, 3.8) is 0 Å². The number of azide groups is 1. The normalized spacial score (nSPS) is 9.71. The standard InChI is InChI=1S/C13H9N3O5/c14-16-15-7-1-2-11(13(19)20)12(3-7)21-10-5-8(17)4-9(18)6-10/h1-6,17-18H,(H,19,20). The van der Waals surface area contributed by atoms with Gasteiger partial charge >= 0.3 is 5.97 Å². The van der Waals surface area contributed by atoms with Crippen LogP contribution < -0.4 is 4.74 Å². The number of aromatic hydroxyl groups is 2. The van der Waals surface area contributed by atoms with Crippen molar-refractivity contribution in [3.05, 3.63) is 52.4 Å². The second kappa shape index (κ2) is 5.72. The van der Waals surface area contributed by atoms with Crippen LogP contribution in [0, 0.1) is 0 Å². The fourth-order valence-electron chi connectivity index (χ4n) is 1.64. The molecular formula is C13H9N3O5. The Kier molecular flexibility index (Phi) is 3.83. The Labute approximate surface area is 118 Å². The van der Waals surface area contributed by atoms with Crippen molar-refractivity contribution in [3.8, 4) is 23.0 Å². The molecule has 0 atom stereocenters. The molecule has 0 heterocycles. The van der Waals surface area contributed by atoms with Gasteiger partial charge < -0.3 is 20.1 Å². The predicted octanol–water partition coefficient (Wildman–Crippen LogP) is 3.53. The van der Waals surface area contributed by atoms with Gasteiger partial charge in [-0.1, -0.05) is 11.2 Å². The number of ether oxygens (including phenoxy) is 1. The van der Waals surface area contributed by atoms with E-state index in [0.717, 1.165) is 6.07 Å². The number of nitrogens with zero attached hydrogens (tertiary/aromatic N) is 3. The number of carboxylic acid groups (broad SMARTS) is 1. The second-order valence-electron chi connectivity index (χ2n) is 3.96. The van der Waals surface area contributed by atoms with E-state index in [1.54, 1.807) is 0 Å². The summed E-state index contributed by atoms with van der Waals surface area (Å²) >= 11 is 0. The SMILES string of the molecule is [N-]=[N+]=Nc1ccc(C(=O)O)c(Oc2cc(O)cc(O)c2)c1. The van der Waals surface area contributed by atoms with Crippen LogP contribution in [-0.4, -0.2) is 21.3 Å². The van der Waals surface area contributed by atoms with E-state index in [9.17, 15) is 15.0 Å². The van der Waals surface area contributed by atoms with Gasteiger partial charge in [0.15, 0.2) is 0 Å². The first kappa shape index (κ1) is 14.0. The molecule has 0 aliphatic heterocycles. The maximum Gasteiger partial charge on any atom is 0.339 e. The molecule has 3 N–H and O–H groups in total. The van der Waals surface area contributed by atoms with Gasteiger partial charge in [-0.05, 0) is 17.7 Å². The minimum Gasteiger partial charge on any atom is -0.508 e. The summed E-state index contributed by atoms with van der Waals surface area (Å²) in [5.74, 6) is -1.77. The Balaban J connectivity index is 2.47. The summed E-state index contributed by atoms with van der Waals surface area (Å²) in [6.07, 6.45) is 0. The third-order valence-corrected chi connectivity index (χ3v) is 2.46. The Morgan fingerprint density at radius 3 is 2.38 bits per heavy atom. The van der Waals surface area contributed by atoms with Crippen LogP contribution in [0.15, 0.2) is 41.5 Å². The first-order chi connectivity index (χ1) is 9.99. The third kappa shape index (κ3) is 3.34. The molecule has 0 unspecified atom stereocenters. The van der Waals surface area contributed by atoms with E-state index in [1.807, 2.05) is 0 Å². The summed E-state index contributed by atoms with van der Waals surface area (Å²) in [5, 5.41) is 31.2. The van der Waals surface area contributed by atoms with Crippen molar-refractivity contribution in [2.75, 3.05) is 0 Å². The number of phenolic OH excluding ortho intramolecular Hbond substituents is 2. The zero-order valence-electron chi connectivity index (χ0n) is 10.5. The molecule has 0 amide bonds. The lowest BCUT2D eigenvalue weighted by molar-refractivity contribution is 0.0694. The number of hydrogen-bond acceptors (Lipinski definition) is 5. The average molecular weight is 287 g/mol. The number of aromatic carboxylic acids is 1. The fourth-order valence-corrected chi connectivity index (χ4v) is 1.64. The largest absolute Gasteiger partial charge is 0.508 e. The topological polar surface area (TPSA) is 136 Å². The highest BCUT2D eigenvalue weighted by atomic mass is 16.5. The minimum absolute atomic E-state index is 0.0353. The first-order valence-corrected chi connectivity index (χ1v) is 5.63. The molecule has 8 heteroatoms. The molecule has 106 valence electrons. The smallest absolute Gasteiger partial charge is 0.339 e. The molecule has 8 nitrogen and oxygen atoms in total. The molecule has 21 heavy (non-hydrogen) atoms. The van der Waals surface area contributed by atoms with Gasteiger partial charge in [-0.2, -0.15) is 0 Å². The molecule has 0 spiro atoms. The van der Waals surface area contributed by atoms with Gasteiger partial charge in [-0.15, -0.1) is 0 Å². The molecule has 0 aliphatic carbocycles. The zero-order chi connectivity index (χ0) is 15.4. The van der Waals surface area contributed by atoms with Crippen LogP contribution >= 0.6 is 0 Å². The number of rotatable bonds is 4. The van der Waals surface area contributed by atoms with Gasteiger partial charge in [0.25, 0.3) is 0 Å². The van der Waals surface area contributed by atoms with E-state index in [-0.39, 0.29) is 34.2 Å². The summed E-state index contributed by atoms with van der Waals surface area (Å²) in [6, 6.07) is 7.29. The third-order valence-electron chi connectivity index (χ3n) is 2.46. The molecule has 0 aromatic heterocycles. The molecule has 0 bridgehead atoms. The van der Waals surface area contributed by atoms with E-state index in [0.29, 0.717) is 0 Å². The van der Waals surface area contributed by atoms with E-state index < -0.39 is 5.97 Å². The van der Waals surface area contributed by atoms with Crippen molar-refractivity contribution >= 4 is 11.7 Å². The number of hydrogen-bond donors (Lipinski definition) is 3. The van der Waals surface area contributed by atoms with E-state index in [1.165, 1.54) is 30.3 Å². The van der Waals surface area contributed by atoms with Crippen molar-refractivity contribution in [1.82, 2.24) is 0 Å². The lowest BCUT2D eigenvalue weighted by Gasteiger charge is -2.10. The zero-order valence-corrected chi connectivity index (χ0v) is 10.5. The van der Waals surface area contributed by atoms with Crippen molar-refractivity contribution in [2.45, 2.75) is 0 Å². The highest BCUT2D eigenvalue weighted by Gasteiger charge is 2.13. The van der Waals surface area contributed by atoms with E-state index in [4.69, 9.17) is 15.4 Å². The molecule has 0 saturated carbocycles. The number of phenols is 2. The van der Waals surface area contributed by atoms with Gasteiger partial charge in [0, 0.05) is 28.8 Å². The minimum atomic E-state index is -1.23. The quantitative estimate of drug-likeness (QED) is 0.449. The average Bonchev–Trinajstić information content (AvgIpc) is 2.37. The van der Waals surface area contributed by atoms with Crippen LogP contribution in [0.4, 0.5) is 5.69 Å². The van der Waals surface area contributed by atoms with Crippen LogP contribution in [0.3, 0.4) is 0 Å². The maximum absolute atomic E-state index is 11.1. The molecule has 0 saturated heterocycles. The molecule has 2 aromatic rings. The Morgan fingerprint density at radius 2 is 1.81 bits per heavy atom. The summed E-state index contributed by atoms with van der Waals surface area (Å²) < 4.78 is 5.34. The summed E-state index contributed by atoms with van der Waals surface area (Å²) in [4.78, 5) is 13.7. The Hall–Kier alpha value is -3.38. The number of benzene rings is 2. The van der Waals surface area contributed by atoms with Crippen LogP contribution in [0.2, 0.25) is 0 Å². The fraction of sp³-hybridized carbons (Fsp3) is 0. The summed E-state index contributed by atoms with van der Waals surface area (Å²) in [7, 11) is 0. The molecule has 0 radical (unpaired) electrons. The monoisotopic (exact) mass is 287 g/mol. The second-order valence-corrected chi connectivity index (χ2v) is 3.96. The van der Waals surface area contributed by atoms with E-state index in [2.05, 4.69) is 10.0 Å². The summed E-state index contributed by atoms with van der Waals surface area (Å²) in [6.45, 7) is 0. The molecule has 2 rings (SSSR count). The van der Waals surface area contributed by atoms with Crippen molar-refractivity contribution in [1.29, 1.82) is 0 Å². The van der Waals surface area contributed by atoms with Crippen LogP contribution in [0.25, 0.3) is 10.4 Å². The lowest BCUT2D eigenvalue weighted by Crippen LogP contribution is -1.99. The molecule has 2 aromatic carbocycles. The van der Waals surface area contributed by atoms with Crippen LogP contribution in [0.5, 0.6) is 23.0 Å². The Bertz CT molecular complexity index is 733. The molecule has 0 fully saturated rings. The van der Waals surface area contributed by atoms with Gasteiger partial charge in [0.1, 0.15) is 28.6 Å². The highest BCUT2D eigenvalue weighted by molar-refractivity contribution is 5.91.